The molecule has 7 heteroatoms. The normalized spacial score (nSPS) is 12.2. The predicted octanol–water partition coefficient (Wildman–Crippen LogP) is 4.96. The van der Waals surface area contributed by atoms with Crippen molar-refractivity contribution < 1.29 is 22.7 Å². The molecule has 0 bridgehead atoms. The summed E-state index contributed by atoms with van der Waals surface area (Å²) < 4.78 is 31.9. The monoisotopic (exact) mass is 456 g/mol. The zero-order valence-electron chi connectivity index (χ0n) is 17.0. The van der Waals surface area contributed by atoms with E-state index in [0.717, 1.165) is 5.56 Å². The fourth-order valence-corrected chi connectivity index (χ4v) is 4.88. The van der Waals surface area contributed by atoms with Crippen molar-refractivity contribution in [1.29, 1.82) is 0 Å². The van der Waals surface area contributed by atoms with Gasteiger partial charge < -0.3 is 4.74 Å². The molecule has 160 valence electrons. The van der Waals surface area contributed by atoms with Crippen LogP contribution in [0.15, 0.2) is 77.7 Å². The van der Waals surface area contributed by atoms with Gasteiger partial charge in [0.1, 0.15) is 11.0 Å². The Morgan fingerprint density at radius 2 is 1.58 bits per heavy atom. The van der Waals surface area contributed by atoms with E-state index >= 15 is 0 Å². The van der Waals surface area contributed by atoms with Gasteiger partial charge in [0.15, 0.2) is 21.4 Å². The summed E-state index contributed by atoms with van der Waals surface area (Å²) in [5.41, 5.74) is 1.32. The molecule has 0 saturated heterocycles. The number of hydrogen-bond acceptors (Lipinski definition) is 5. The molecule has 1 atom stereocenters. The van der Waals surface area contributed by atoms with Crippen LogP contribution in [0.3, 0.4) is 0 Å². The van der Waals surface area contributed by atoms with Gasteiger partial charge in [0.05, 0.1) is 12.0 Å². The maximum absolute atomic E-state index is 13.4. The van der Waals surface area contributed by atoms with Crippen molar-refractivity contribution in [2.75, 3.05) is 7.11 Å². The number of methoxy groups -OCH3 is 1. The van der Waals surface area contributed by atoms with Crippen molar-refractivity contribution in [3.05, 3.63) is 94.5 Å². The van der Waals surface area contributed by atoms with Crippen LogP contribution < -0.4 is 4.74 Å². The molecule has 3 aromatic rings. The highest BCUT2D eigenvalue weighted by Gasteiger charge is 2.36. The summed E-state index contributed by atoms with van der Waals surface area (Å²) in [6.45, 7) is 1.83. The molecule has 0 aliphatic rings. The summed E-state index contributed by atoms with van der Waals surface area (Å²) in [6, 6.07) is 18.5. The van der Waals surface area contributed by atoms with Crippen molar-refractivity contribution in [2.45, 2.75) is 23.5 Å². The Kier molecular flexibility index (Phi) is 6.93. The molecule has 0 amide bonds. The summed E-state index contributed by atoms with van der Waals surface area (Å²) in [7, 11) is -2.66. The van der Waals surface area contributed by atoms with Crippen LogP contribution in [0.25, 0.3) is 0 Å². The molecule has 0 aromatic heterocycles. The number of sulfone groups is 1. The molecule has 0 spiro atoms. The molecule has 5 nitrogen and oxygen atoms in total. The highest BCUT2D eigenvalue weighted by Crippen LogP contribution is 2.25. The number of ketones is 2. The number of halogens is 1. The molecular weight excluding hydrogens is 436 g/mol. The highest BCUT2D eigenvalue weighted by atomic mass is 35.5. The Bertz CT molecular complexity index is 1200. The van der Waals surface area contributed by atoms with Crippen LogP contribution in [0.2, 0.25) is 5.02 Å². The van der Waals surface area contributed by atoms with Crippen LogP contribution in [0.1, 0.15) is 32.7 Å². The fraction of sp³-hybridized carbons (Fsp3) is 0.167. The van der Waals surface area contributed by atoms with Gasteiger partial charge in [-0.1, -0.05) is 41.4 Å². The number of hydrogen-bond donors (Lipinski definition) is 0. The summed E-state index contributed by atoms with van der Waals surface area (Å²) in [5.74, 6) is -0.664. The van der Waals surface area contributed by atoms with Gasteiger partial charge in [-0.3, -0.25) is 9.59 Å². The van der Waals surface area contributed by atoms with Crippen molar-refractivity contribution in [3.63, 3.8) is 0 Å². The minimum Gasteiger partial charge on any atom is -0.497 e. The van der Waals surface area contributed by atoms with E-state index in [2.05, 4.69) is 0 Å². The van der Waals surface area contributed by atoms with E-state index in [1.165, 1.54) is 49.6 Å². The standard InChI is InChI=1S/C24H21ClO5S/c1-16-6-12-21(13-7-16)31(28,29)23(24(27)17-8-10-19(25)11-9-17)15-22(26)18-4-3-5-20(14-18)30-2/h3-14,23H,15H2,1-2H3/t23-/m0/s1. The Labute approximate surface area is 186 Å². The first-order chi connectivity index (χ1) is 14.7. The average Bonchev–Trinajstić information content (AvgIpc) is 2.77. The minimum absolute atomic E-state index is 0.0103. The number of Topliss-reactive ketones (excluding diaryl/α,β-unsaturated/α-hetero) is 2. The smallest absolute Gasteiger partial charge is 0.189 e. The summed E-state index contributed by atoms with van der Waals surface area (Å²) in [6.07, 6.45) is -0.495. The number of benzene rings is 3. The average molecular weight is 457 g/mol. The van der Waals surface area contributed by atoms with E-state index in [9.17, 15) is 18.0 Å². The van der Waals surface area contributed by atoms with Gasteiger partial charge in [0.2, 0.25) is 0 Å². The van der Waals surface area contributed by atoms with Crippen LogP contribution >= 0.6 is 11.6 Å². The first-order valence-electron chi connectivity index (χ1n) is 9.50. The van der Waals surface area contributed by atoms with E-state index in [-0.39, 0.29) is 16.0 Å². The topological polar surface area (TPSA) is 77.5 Å². The largest absolute Gasteiger partial charge is 0.497 e. The lowest BCUT2D eigenvalue weighted by atomic mass is 10.0. The molecule has 0 fully saturated rings. The Morgan fingerprint density at radius 1 is 0.935 bits per heavy atom. The first kappa shape index (κ1) is 22.7. The molecule has 0 aliphatic carbocycles. The molecule has 0 heterocycles. The number of rotatable bonds is 8. The molecule has 0 aliphatic heterocycles. The maximum Gasteiger partial charge on any atom is 0.189 e. The van der Waals surface area contributed by atoms with Crippen molar-refractivity contribution in [1.82, 2.24) is 0 Å². The third-order valence-electron chi connectivity index (χ3n) is 4.91. The lowest BCUT2D eigenvalue weighted by Gasteiger charge is -2.17. The second-order valence-electron chi connectivity index (χ2n) is 7.08. The Hall–Kier alpha value is -2.96. The molecule has 3 rings (SSSR count). The second kappa shape index (κ2) is 9.45. The van der Waals surface area contributed by atoms with E-state index in [1.807, 2.05) is 6.92 Å². The van der Waals surface area contributed by atoms with Crippen LogP contribution in [0.4, 0.5) is 0 Å². The molecule has 3 aromatic carbocycles. The molecule has 31 heavy (non-hydrogen) atoms. The van der Waals surface area contributed by atoms with Crippen molar-refractivity contribution in [2.24, 2.45) is 0 Å². The highest BCUT2D eigenvalue weighted by molar-refractivity contribution is 7.92. The lowest BCUT2D eigenvalue weighted by Crippen LogP contribution is -2.33. The number of carbonyl (C=O) groups excluding carboxylic acids is 2. The van der Waals surface area contributed by atoms with Crippen molar-refractivity contribution in [3.8, 4) is 5.75 Å². The Morgan fingerprint density at radius 3 is 2.19 bits per heavy atom. The summed E-state index contributed by atoms with van der Waals surface area (Å²) >= 11 is 5.89. The third kappa shape index (κ3) is 5.21. The van der Waals surface area contributed by atoms with Gasteiger partial charge in [0.25, 0.3) is 0 Å². The molecule has 0 unspecified atom stereocenters. The van der Waals surface area contributed by atoms with E-state index < -0.39 is 33.1 Å². The SMILES string of the molecule is COc1cccc(C(=O)C[C@@H](C(=O)c2ccc(Cl)cc2)S(=O)(=O)c2ccc(C)cc2)c1. The summed E-state index contributed by atoms with van der Waals surface area (Å²) in [5, 5.41) is -1.16. The number of aryl methyl sites for hydroxylation is 1. The molecule has 0 N–H and O–H groups in total. The van der Waals surface area contributed by atoms with E-state index in [4.69, 9.17) is 16.3 Å². The zero-order chi connectivity index (χ0) is 22.6. The van der Waals surface area contributed by atoms with Crippen molar-refractivity contribution >= 4 is 33.0 Å². The quantitative estimate of drug-likeness (QED) is 0.448. The van der Waals surface area contributed by atoms with Crippen LogP contribution in [-0.2, 0) is 9.84 Å². The van der Waals surface area contributed by atoms with Gasteiger partial charge >= 0.3 is 0 Å². The lowest BCUT2D eigenvalue weighted by molar-refractivity contribution is 0.0920. The fourth-order valence-electron chi connectivity index (χ4n) is 3.12. The van der Waals surface area contributed by atoms with Gasteiger partial charge in [-0.05, 0) is 55.5 Å². The second-order valence-corrected chi connectivity index (χ2v) is 9.64. The number of ether oxygens (including phenoxy) is 1. The molecular formula is C24H21ClO5S. The predicted molar refractivity (Wildman–Crippen MR) is 120 cm³/mol. The summed E-state index contributed by atoms with van der Waals surface area (Å²) in [4.78, 5) is 26.2. The molecule has 0 radical (unpaired) electrons. The molecule has 0 saturated carbocycles. The van der Waals surface area contributed by atoms with Crippen LogP contribution in [0.5, 0.6) is 5.75 Å². The maximum atomic E-state index is 13.4. The minimum atomic E-state index is -4.13. The van der Waals surface area contributed by atoms with E-state index in [1.54, 1.807) is 30.3 Å². The van der Waals surface area contributed by atoms with Gasteiger partial charge in [0, 0.05) is 22.6 Å². The van der Waals surface area contributed by atoms with Gasteiger partial charge in [-0.25, -0.2) is 8.42 Å². The van der Waals surface area contributed by atoms with Crippen LogP contribution in [0, 0.1) is 6.92 Å². The third-order valence-corrected chi connectivity index (χ3v) is 7.22. The van der Waals surface area contributed by atoms with Gasteiger partial charge in [-0.2, -0.15) is 0 Å². The van der Waals surface area contributed by atoms with Crippen LogP contribution in [-0.4, -0.2) is 32.3 Å². The zero-order valence-corrected chi connectivity index (χ0v) is 18.6. The Balaban J connectivity index is 2.02. The first-order valence-corrected chi connectivity index (χ1v) is 11.4. The van der Waals surface area contributed by atoms with E-state index in [0.29, 0.717) is 10.8 Å². The van der Waals surface area contributed by atoms with Gasteiger partial charge in [-0.15, -0.1) is 0 Å². The number of carbonyl (C=O) groups is 2.